The van der Waals surface area contributed by atoms with Crippen molar-refractivity contribution in [3.63, 3.8) is 0 Å². The third-order valence-electron chi connectivity index (χ3n) is 4.91. The lowest BCUT2D eigenvalue weighted by molar-refractivity contribution is -0.121. The molecule has 0 radical (unpaired) electrons. The van der Waals surface area contributed by atoms with Gasteiger partial charge in [-0.25, -0.2) is 4.68 Å². The van der Waals surface area contributed by atoms with Crippen molar-refractivity contribution >= 4 is 37.4 Å². The third kappa shape index (κ3) is 3.43. The molecule has 2 aromatic heterocycles. The van der Waals surface area contributed by atoms with E-state index in [-0.39, 0.29) is 23.9 Å². The van der Waals surface area contributed by atoms with Gasteiger partial charge in [0.05, 0.1) is 15.8 Å². The molecule has 4 rings (SSSR count). The van der Waals surface area contributed by atoms with Crippen molar-refractivity contribution in [1.82, 2.24) is 15.1 Å². The Morgan fingerprint density at radius 2 is 1.86 bits per heavy atom. The van der Waals surface area contributed by atoms with E-state index >= 15 is 0 Å². The Kier molecular flexibility index (Phi) is 4.96. The molecule has 28 heavy (non-hydrogen) atoms. The van der Waals surface area contributed by atoms with Crippen molar-refractivity contribution in [3.05, 3.63) is 76.2 Å². The number of thiophene rings is 1. The van der Waals surface area contributed by atoms with Crippen LogP contribution in [0.4, 0.5) is 0 Å². The minimum Gasteiger partial charge on any atom is -0.354 e. The maximum Gasteiger partial charge on any atom is 0.276 e. The van der Waals surface area contributed by atoms with Crippen molar-refractivity contribution in [2.45, 2.75) is 26.3 Å². The smallest absolute Gasteiger partial charge is 0.276 e. The number of carbonyl (C=O) groups is 1. The Morgan fingerprint density at radius 3 is 2.64 bits per heavy atom. The monoisotopic (exact) mass is 391 g/mol. The van der Waals surface area contributed by atoms with Crippen molar-refractivity contribution in [1.29, 1.82) is 0 Å². The molecule has 0 unspecified atom stereocenters. The average Bonchev–Trinajstić information content (AvgIpc) is 3.11. The molecule has 0 saturated heterocycles. The molecule has 1 N–H and O–H groups in total. The fraction of sp³-hybridized carbons (Fsp3) is 0.227. The average molecular weight is 391 g/mol. The molecule has 0 fully saturated rings. The summed E-state index contributed by atoms with van der Waals surface area (Å²) in [5, 5.41) is 8.87. The van der Waals surface area contributed by atoms with Crippen molar-refractivity contribution in [2.24, 2.45) is 0 Å². The Morgan fingerprint density at radius 1 is 1.14 bits per heavy atom. The highest BCUT2D eigenvalue weighted by molar-refractivity contribution is 7.26. The molecule has 0 aliphatic heterocycles. The van der Waals surface area contributed by atoms with Crippen LogP contribution in [0.2, 0.25) is 0 Å². The van der Waals surface area contributed by atoms with Gasteiger partial charge in [0.25, 0.3) is 5.56 Å². The van der Waals surface area contributed by atoms with Crippen LogP contribution in [0.15, 0.2) is 59.4 Å². The van der Waals surface area contributed by atoms with E-state index in [0.717, 1.165) is 20.5 Å². The zero-order valence-electron chi connectivity index (χ0n) is 15.8. The number of hydrogen-bond donors (Lipinski definition) is 1. The number of fused-ring (bicyclic) bond motifs is 3. The molecule has 2 aromatic carbocycles. The van der Waals surface area contributed by atoms with Gasteiger partial charge in [0.1, 0.15) is 6.54 Å². The van der Waals surface area contributed by atoms with Gasteiger partial charge >= 0.3 is 0 Å². The molecule has 142 valence electrons. The van der Waals surface area contributed by atoms with Gasteiger partial charge in [-0.05, 0) is 24.5 Å². The van der Waals surface area contributed by atoms with E-state index in [0.29, 0.717) is 11.9 Å². The van der Waals surface area contributed by atoms with Gasteiger partial charge in [-0.15, -0.1) is 11.3 Å². The summed E-state index contributed by atoms with van der Waals surface area (Å²) in [6.07, 6.45) is 0. The molecule has 1 atom stereocenters. The summed E-state index contributed by atoms with van der Waals surface area (Å²) in [5.74, 6) is -0.0180. The fourth-order valence-electron chi connectivity index (χ4n) is 3.38. The Bertz CT molecular complexity index is 1210. The van der Waals surface area contributed by atoms with E-state index in [1.165, 1.54) is 10.2 Å². The fourth-order valence-corrected chi connectivity index (χ4v) is 4.51. The molecule has 5 nitrogen and oxygen atoms in total. The number of aryl methyl sites for hydroxylation is 1. The lowest BCUT2D eigenvalue weighted by Gasteiger charge is -2.13. The van der Waals surface area contributed by atoms with Crippen molar-refractivity contribution < 1.29 is 4.79 Å². The quantitative estimate of drug-likeness (QED) is 0.562. The van der Waals surface area contributed by atoms with Gasteiger partial charge in [-0.2, -0.15) is 5.10 Å². The molecule has 0 saturated carbocycles. The first-order chi connectivity index (χ1) is 13.5. The van der Waals surface area contributed by atoms with Crippen LogP contribution in [0.1, 0.15) is 24.1 Å². The Hall–Kier alpha value is -2.99. The number of aromatic nitrogens is 2. The van der Waals surface area contributed by atoms with Gasteiger partial charge in [0.15, 0.2) is 0 Å². The van der Waals surface area contributed by atoms with Crippen LogP contribution >= 0.6 is 11.3 Å². The number of rotatable bonds is 5. The summed E-state index contributed by atoms with van der Waals surface area (Å²) in [4.78, 5) is 25.4. The number of benzene rings is 2. The molecule has 0 aliphatic carbocycles. The van der Waals surface area contributed by atoms with Gasteiger partial charge in [-0.3, -0.25) is 9.59 Å². The SMILES string of the molecule is Cc1nn(CC(=O)NC[C@H](C)c2ccccc2)c(=O)c2c1sc1ccccc12. The second-order valence-electron chi connectivity index (χ2n) is 6.97. The molecular weight excluding hydrogens is 370 g/mol. The van der Waals surface area contributed by atoms with Gasteiger partial charge in [0.2, 0.25) is 5.91 Å². The van der Waals surface area contributed by atoms with E-state index in [4.69, 9.17) is 0 Å². The summed E-state index contributed by atoms with van der Waals surface area (Å²) < 4.78 is 3.22. The summed E-state index contributed by atoms with van der Waals surface area (Å²) in [7, 11) is 0. The Balaban J connectivity index is 1.56. The van der Waals surface area contributed by atoms with E-state index in [1.54, 1.807) is 11.3 Å². The van der Waals surface area contributed by atoms with Gasteiger partial charge < -0.3 is 5.32 Å². The molecule has 4 aromatic rings. The van der Waals surface area contributed by atoms with Gasteiger partial charge in [-0.1, -0.05) is 55.5 Å². The lowest BCUT2D eigenvalue weighted by atomic mass is 10.0. The highest BCUT2D eigenvalue weighted by Gasteiger charge is 2.16. The van der Waals surface area contributed by atoms with Crippen molar-refractivity contribution in [3.8, 4) is 0 Å². The molecule has 0 spiro atoms. The predicted octanol–water partition coefficient (Wildman–Crippen LogP) is 3.84. The number of nitrogens with zero attached hydrogens (tertiary/aromatic N) is 2. The molecule has 2 heterocycles. The number of nitrogens with one attached hydrogen (secondary N) is 1. The van der Waals surface area contributed by atoms with Crippen LogP contribution in [0, 0.1) is 6.92 Å². The van der Waals surface area contributed by atoms with E-state index in [9.17, 15) is 9.59 Å². The van der Waals surface area contributed by atoms with E-state index < -0.39 is 0 Å². The topological polar surface area (TPSA) is 64.0 Å². The first kappa shape index (κ1) is 18.4. The highest BCUT2D eigenvalue weighted by atomic mass is 32.1. The first-order valence-electron chi connectivity index (χ1n) is 9.25. The van der Waals surface area contributed by atoms with E-state index in [2.05, 4.69) is 17.3 Å². The zero-order valence-corrected chi connectivity index (χ0v) is 16.6. The molecule has 6 heteroatoms. The van der Waals surface area contributed by atoms with Crippen LogP contribution < -0.4 is 10.9 Å². The largest absolute Gasteiger partial charge is 0.354 e. The van der Waals surface area contributed by atoms with Crippen LogP contribution in [0.3, 0.4) is 0 Å². The maximum atomic E-state index is 13.0. The van der Waals surface area contributed by atoms with Crippen LogP contribution in [0.5, 0.6) is 0 Å². The Labute approximate surface area is 166 Å². The third-order valence-corrected chi connectivity index (χ3v) is 6.19. The lowest BCUT2D eigenvalue weighted by Crippen LogP contribution is -2.35. The summed E-state index contributed by atoms with van der Waals surface area (Å²) in [5.41, 5.74) is 1.71. The number of amides is 1. The second-order valence-corrected chi connectivity index (χ2v) is 8.02. The van der Waals surface area contributed by atoms with E-state index in [1.807, 2.05) is 61.5 Å². The molecule has 1 amide bonds. The molecular formula is C22H21N3O2S. The van der Waals surface area contributed by atoms with Gasteiger partial charge in [0, 0.05) is 16.6 Å². The van der Waals surface area contributed by atoms with Crippen LogP contribution in [-0.2, 0) is 11.3 Å². The minimum atomic E-state index is -0.218. The minimum absolute atomic E-state index is 0.0820. The van der Waals surface area contributed by atoms with Crippen molar-refractivity contribution in [2.75, 3.05) is 6.54 Å². The van der Waals surface area contributed by atoms with Crippen LogP contribution in [-0.4, -0.2) is 22.2 Å². The molecule has 0 aliphatic rings. The zero-order chi connectivity index (χ0) is 19.7. The summed E-state index contributed by atoms with van der Waals surface area (Å²) in [6.45, 7) is 4.37. The summed E-state index contributed by atoms with van der Waals surface area (Å²) in [6, 6.07) is 17.9. The first-order valence-corrected chi connectivity index (χ1v) is 10.1. The number of carbonyl (C=O) groups excluding carboxylic acids is 1. The second kappa shape index (κ2) is 7.56. The standard InChI is InChI=1S/C22H21N3O2S/c1-14(16-8-4-3-5-9-16)12-23-19(26)13-25-22(27)20-17-10-6-7-11-18(17)28-21(20)15(2)24-25/h3-11,14H,12-13H2,1-2H3,(H,23,26)/t14-/m0/s1. The maximum absolute atomic E-state index is 13.0. The summed E-state index contributed by atoms with van der Waals surface area (Å²) >= 11 is 1.57. The number of hydrogen-bond acceptors (Lipinski definition) is 4. The predicted molar refractivity (Wildman–Crippen MR) is 114 cm³/mol. The molecule has 0 bridgehead atoms. The normalized spacial score (nSPS) is 12.4. The highest BCUT2D eigenvalue weighted by Crippen LogP contribution is 2.32. The van der Waals surface area contributed by atoms with Crippen LogP contribution in [0.25, 0.3) is 20.2 Å².